The summed E-state index contributed by atoms with van der Waals surface area (Å²) in [6, 6.07) is 11.0. The highest BCUT2D eigenvalue weighted by Gasteiger charge is 2.31. The van der Waals surface area contributed by atoms with E-state index in [-0.39, 0.29) is 36.1 Å². The number of nitrogens with zero attached hydrogens (tertiary/aromatic N) is 3. The van der Waals surface area contributed by atoms with Gasteiger partial charge in [0.2, 0.25) is 11.3 Å². The molecule has 0 saturated carbocycles. The largest absolute Gasteiger partial charge is 0.379 e. The normalized spacial score (nSPS) is 19.6. The van der Waals surface area contributed by atoms with Crippen LogP contribution in [-0.2, 0) is 33.9 Å². The Bertz CT molecular complexity index is 1460. The second kappa shape index (κ2) is 11.1. The Balaban J connectivity index is 1.38. The molecule has 4 heterocycles. The molecule has 10 heteroatoms. The number of carbonyl (C=O) groups excluding carboxylic acids is 2. The van der Waals surface area contributed by atoms with Gasteiger partial charge in [-0.3, -0.25) is 19.3 Å². The lowest BCUT2D eigenvalue weighted by atomic mass is 10.0. The summed E-state index contributed by atoms with van der Waals surface area (Å²) in [4.78, 5) is 44.5. The minimum absolute atomic E-state index is 0.0197. The van der Waals surface area contributed by atoms with Gasteiger partial charge in [0.1, 0.15) is 12.1 Å². The molecule has 2 amide bonds. The molecule has 1 unspecified atom stereocenters. The fourth-order valence-corrected chi connectivity index (χ4v) is 5.74. The highest BCUT2D eigenvalue weighted by Crippen LogP contribution is 2.33. The number of pyridine rings is 1. The van der Waals surface area contributed by atoms with Crippen molar-refractivity contribution in [1.29, 1.82) is 0 Å². The van der Waals surface area contributed by atoms with Crippen LogP contribution in [0.2, 0.25) is 5.02 Å². The zero-order valence-corrected chi connectivity index (χ0v) is 22.4. The van der Waals surface area contributed by atoms with Crippen molar-refractivity contribution in [3.63, 3.8) is 0 Å². The Morgan fingerprint density at radius 3 is 2.59 bits per heavy atom. The molecule has 3 aliphatic rings. The van der Waals surface area contributed by atoms with Gasteiger partial charge in [-0.15, -0.1) is 0 Å². The number of hydrogen-bond acceptors (Lipinski definition) is 6. The van der Waals surface area contributed by atoms with Crippen LogP contribution in [0.25, 0.3) is 10.9 Å². The number of anilines is 1. The zero-order chi connectivity index (χ0) is 26.9. The van der Waals surface area contributed by atoms with Crippen molar-refractivity contribution in [1.82, 2.24) is 14.8 Å². The molecule has 204 valence electrons. The van der Waals surface area contributed by atoms with Gasteiger partial charge in [-0.1, -0.05) is 23.7 Å². The smallest absolute Gasteiger partial charge is 0.257 e. The molecule has 2 aromatic carbocycles. The Hall–Kier alpha value is -3.24. The molecule has 9 nitrogen and oxygen atoms in total. The summed E-state index contributed by atoms with van der Waals surface area (Å²) in [6.07, 6.45) is 3.38. The zero-order valence-electron chi connectivity index (χ0n) is 21.7. The van der Waals surface area contributed by atoms with Crippen LogP contribution in [0.1, 0.15) is 34.3 Å². The fraction of sp³-hybridized carbons (Fsp3) is 0.414. The van der Waals surface area contributed by atoms with E-state index < -0.39 is 5.91 Å². The van der Waals surface area contributed by atoms with E-state index in [1.807, 2.05) is 24.3 Å². The van der Waals surface area contributed by atoms with Gasteiger partial charge in [-0.05, 0) is 48.2 Å². The Morgan fingerprint density at radius 2 is 1.85 bits per heavy atom. The van der Waals surface area contributed by atoms with Crippen LogP contribution in [0.5, 0.6) is 0 Å². The van der Waals surface area contributed by atoms with Crippen molar-refractivity contribution >= 4 is 40.0 Å². The van der Waals surface area contributed by atoms with Crippen molar-refractivity contribution in [3.05, 3.63) is 74.5 Å². The van der Waals surface area contributed by atoms with E-state index in [2.05, 4.69) is 10.2 Å². The van der Waals surface area contributed by atoms with Crippen LogP contribution >= 0.6 is 11.6 Å². The molecular weight excluding hydrogens is 520 g/mol. The van der Waals surface area contributed by atoms with Crippen LogP contribution in [0, 0.1) is 0 Å². The van der Waals surface area contributed by atoms with Crippen LogP contribution in [0.4, 0.5) is 5.69 Å². The Labute approximate surface area is 231 Å². The second-order valence-corrected chi connectivity index (χ2v) is 10.8. The number of aromatic nitrogens is 1. The average Bonchev–Trinajstić information content (AvgIpc) is 3.46. The third-order valence-electron chi connectivity index (χ3n) is 7.64. The molecule has 2 fully saturated rings. The standard InChI is InChI=1S/C29H31ClN4O5/c30-21-5-3-19(4-6-21)14-31-29(37)24-17-33-18-26(35)34(16-22-2-1-9-39-22)25-13-20(12-23(27(25)33)28(24)36)15-32-7-10-38-11-8-32/h3-6,12-13,17,22H,1-2,7-11,14-16,18H2,(H,31,37). The summed E-state index contributed by atoms with van der Waals surface area (Å²) < 4.78 is 13.1. The number of morpholine rings is 1. The maximum absolute atomic E-state index is 13.8. The van der Waals surface area contributed by atoms with Gasteiger partial charge < -0.3 is 24.3 Å². The monoisotopic (exact) mass is 550 g/mol. The van der Waals surface area contributed by atoms with Gasteiger partial charge in [0.25, 0.3) is 5.91 Å². The molecule has 1 atom stereocenters. The van der Waals surface area contributed by atoms with Gasteiger partial charge >= 0.3 is 0 Å². The lowest BCUT2D eigenvalue weighted by Crippen LogP contribution is -2.43. The SMILES string of the molecule is O=C(NCc1ccc(Cl)cc1)c1cn2c3c(cc(CN4CCOCC4)cc3c1=O)N(CC1CCCO1)C(=O)C2. The van der Waals surface area contributed by atoms with E-state index in [9.17, 15) is 14.4 Å². The summed E-state index contributed by atoms with van der Waals surface area (Å²) in [6.45, 7) is 4.99. The lowest BCUT2D eigenvalue weighted by molar-refractivity contribution is -0.119. The molecule has 1 aromatic heterocycles. The van der Waals surface area contributed by atoms with E-state index in [0.717, 1.165) is 37.1 Å². The van der Waals surface area contributed by atoms with Gasteiger partial charge in [0, 0.05) is 49.4 Å². The molecule has 1 N–H and O–H groups in total. The molecule has 39 heavy (non-hydrogen) atoms. The summed E-state index contributed by atoms with van der Waals surface area (Å²) in [5, 5.41) is 3.90. The highest BCUT2D eigenvalue weighted by molar-refractivity contribution is 6.30. The first-order valence-corrected chi connectivity index (χ1v) is 13.8. The van der Waals surface area contributed by atoms with E-state index >= 15 is 0 Å². The number of ether oxygens (including phenoxy) is 2. The third kappa shape index (κ3) is 5.45. The van der Waals surface area contributed by atoms with Gasteiger partial charge in [0.05, 0.1) is 37.1 Å². The molecular formula is C29H31ClN4O5. The average molecular weight is 551 g/mol. The predicted octanol–water partition coefficient (Wildman–Crippen LogP) is 2.94. The van der Waals surface area contributed by atoms with Crippen molar-refractivity contribution in [2.45, 2.75) is 38.6 Å². The summed E-state index contributed by atoms with van der Waals surface area (Å²) in [5.74, 6) is -0.561. The molecule has 6 rings (SSSR count). The van der Waals surface area contributed by atoms with E-state index in [0.29, 0.717) is 54.5 Å². The van der Waals surface area contributed by atoms with Crippen LogP contribution in [0.15, 0.2) is 47.4 Å². The minimum Gasteiger partial charge on any atom is -0.379 e. The van der Waals surface area contributed by atoms with Crippen molar-refractivity contribution in [2.24, 2.45) is 0 Å². The number of benzene rings is 2. The van der Waals surface area contributed by atoms with Crippen LogP contribution < -0.4 is 15.6 Å². The van der Waals surface area contributed by atoms with Crippen molar-refractivity contribution in [3.8, 4) is 0 Å². The Kier molecular flexibility index (Phi) is 7.40. The maximum atomic E-state index is 13.8. The molecule has 0 radical (unpaired) electrons. The molecule has 0 bridgehead atoms. The number of carbonyl (C=O) groups is 2. The van der Waals surface area contributed by atoms with Crippen LogP contribution in [0.3, 0.4) is 0 Å². The van der Waals surface area contributed by atoms with Crippen LogP contribution in [-0.4, -0.2) is 66.8 Å². The minimum atomic E-state index is -0.477. The first-order chi connectivity index (χ1) is 19.0. The molecule has 2 saturated heterocycles. The fourth-order valence-electron chi connectivity index (χ4n) is 5.61. The number of amides is 2. The van der Waals surface area contributed by atoms with Gasteiger partial charge in [0.15, 0.2) is 0 Å². The molecule has 3 aromatic rings. The number of hydrogen-bond donors (Lipinski definition) is 1. The number of nitrogens with one attached hydrogen (secondary N) is 1. The predicted molar refractivity (Wildman–Crippen MR) is 148 cm³/mol. The topological polar surface area (TPSA) is 93.1 Å². The van der Waals surface area contributed by atoms with Crippen molar-refractivity contribution < 1.29 is 19.1 Å². The second-order valence-electron chi connectivity index (χ2n) is 10.3. The van der Waals surface area contributed by atoms with Crippen molar-refractivity contribution in [2.75, 3.05) is 44.4 Å². The Morgan fingerprint density at radius 1 is 1.05 bits per heavy atom. The van der Waals surface area contributed by atoms with E-state index in [1.54, 1.807) is 21.6 Å². The molecule has 3 aliphatic heterocycles. The van der Waals surface area contributed by atoms with Gasteiger partial charge in [-0.2, -0.15) is 0 Å². The number of rotatable bonds is 7. The van der Waals surface area contributed by atoms with Gasteiger partial charge in [-0.25, -0.2) is 0 Å². The summed E-state index contributed by atoms with van der Waals surface area (Å²) >= 11 is 5.96. The third-order valence-corrected chi connectivity index (χ3v) is 7.89. The quantitative estimate of drug-likeness (QED) is 0.486. The maximum Gasteiger partial charge on any atom is 0.257 e. The lowest BCUT2D eigenvalue weighted by Gasteiger charge is -2.33. The van der Waals surface area contributed by atoms with E-state index in [1.165, 1.54) is 6.20 Å². The number of halogens is 1. The summed E-state index contributed by atoms with van der Waals surface area (Å²) in [5.41, 5.74) is 2.85. The highest BCUT2D eigenvalue weighted by atomic mass is 35.5. The molecule has 0 spiro atoms. The summed E-state index contributed by atoms with van der Waals surface area (Å²) in [7, 11) is 0. The van der Waals surface area contributed by atoms with E-state index in [4.69, 9.17) is 21.1 Å². The first-order valence-electron chi connectivity index (χ1n) is 13.4. The molecule has 0 aliphatic carbocycles. The first kappa shape index (κ1) is 26.0.